The molecule has 1 aliphatic heterocycles. The maximum atomic E-state index is 12.1. The minimum Gasteiger partial charge on any atom is -0.453 e. The summed E-state index contributed by atoms with van der Waals surface area (Å²) in [5, 5.41) is 0. The number of methoxy groups -OCH3 is 1. The molecule has 2 amide bonds. The molecule has 0 atom stereocenters. The second-order valence-corrected chi connectivity index (χ2v) is 4.76. The average molecular weight is 240 g/mol. The van der Waals surface area contributed by atoms with Crippen LogP contribution in [0.5, 0.6) is 0 Å². The van der Waals surface area contributed by atoms with Gasteiger partial charge in [-0.3, -0.25) is 4.79 Å². The topological polar surface area (TPSA) is 49.9 Å². The Morgan fingerprint density at radius 3 is 2.06 bits per heavy atom. The number of rotatable bonds is 1. The molecule has 0 aromatic heterocycles. The summed E-state index contributed by atoms with van der Waals surface area (Å²) in [5.41, 5.74) is 0. The minimum atomic E-state index is -0.294. The van der Waals surface area contributed by atoms with Crippen LogP contribution in [0.1, 0.15) is 25.7 Å². The molecular weight excluding hydrogens is 220 g/mol. The molecule has 0 bridgehead atoms. The highest BCUT2D eigenvalue weighted by molar-refractivity contribution is 5.79. The van der Waals surface area contributed by atoms with Gasteiger partial charge in [-0.2, -0.15) is 0 Å². The Morgan fingerprint density at radius 1 is 1.00 bits per heavy atom. The van der Waals surface area contributed by atoms with Gasteiger partial charge in [-0.25, -0.2) is 4.79 Å². The fourth-order valence-corrected chi connectivity index (χ4v) is 2.67. The second-order valence-electron chi connectivity index (χ2n) is 4.76. The van der Waals surface area contributed by atoms with Crippen molar-refractivity contribution in [1.82, 2.24) is 9.80 Å². The molecule has 5 heteroatoms. The fourth-order valence-electron chi connectivity index (χ4n) is 2.67. The molecule has 5 nitrogen and oxygen atoms in total. The summed E-state index contributed by atoms with van der Waals surface area (Å²) in [6.07, 6.45) is 4.14. The Hall–Kier alpha value is -1.26. The lowest BCUT2D eigenvalue weighted by molar-refractivity contribution is -0.136. The molecule has 0 aromatic rings. The molecule has 1 heterocycles. The first-order chi connectivity index (χ1) is 8.22. The zero-order chi connectivity index (χ0) is 12.3. The van der Waals surface area contributed by atoms with Crippen molar-refractivity contribution in [3.63, 3.8) is 0 Å². The van der Waals surface area contributed by atoms with Crippen molar-refractivity contribution in [2.45, 2.75) is 25.7 Å². The summed E-state index contributed by atoms with van der Waals surface area (Å²) in [4.78, 5) is 27.0. The van der Waals surface area contributed by atoms with E-state index >= 15 is 0 Å². The van der Waals surface area contributed by atoms with E-state index in [1.54, 1.807) is 4.90 Å². The molecule has 0 N–H and O–H groups in total. The highest BCUT2D eigenvalue weighted by atomic mass is 16.5. The number of hydrogen-bond donors (Lipinski definition) is 0. The zero-order valence-electron chi connectivity index (χ0n) is 10.4. The summed E-state index contributed by atoms with van der Waals surface area (Å²) in [7, 11) is 1.39. The van der Waals surface area contributed by atoms with Gasteiger partial charge in [-0.05, 0) is 12.8 Å². The van der Waals surface area contributed by atoms with Gasteiger partial charge < -0.3 is 14.5 Å². The van der Waals surface area contributed by atoms with Crippen molar-refractivity contribution in [2.24, 2.45) is 5.92 Å². The number of nitrogens with zero attached hydrogens (tertiary/aromatic N) is 2. The van der Waals surface area contributed by atoms with E-state index < -0.39 is 0 Å². The first-order valence-corrected chi connectivity index (χ1v) is 6.34. The van der Waals surface area contributed by atoms with Crippen molar-refractivity contribution in [1.29, 1.82) is 0 Å². The molecule has 1 aliphatic carbocycles. The molecule has 0 radical (unpaired) electrons. The van der Waals surface area contributed by atoms with Crippen LogP contribution < -0.4 is 0 Å². The van der Waals surface area contributed by atoms with Crippen molar-refractivity contribution in [2.75, 3.05) is 33.3 Å². The maximum absolute atomic E-state index is 12.1. The summed E-state index contributed by atoms with van der Waals surface area (Å²) in [5.74, 6) is 0.520. The molecule has 0 aromatic carbocycles. The third-order valence-electron chi connectivity index (χ3n) is 3.73. The van der Waals surface area contributed by atoms with Crippen LogP contribution >= 0.6 is 0 Å². The van der Waals surface area contributed by atoms with Crippen LogP contribution in [-0.2, 0) is 9.53 Å². The molecular formula is C12H20N2O3. The van der Waals surface area contributed by atoms with Crippen molar-refractivity contribution in [3.05, 3.63) is 0 Å². The lowest BCUT2D eigenvalue weighted by Crippen LogP contribution is -2.51. The van der Waals surface area contributed by atoms with E-state index in [1.165, 1.54) is 20.0 Å². The normalized spacial score (nSPS) is 21.7. The molecule has 2 rings (SSSR count). The van der Waals surface area contributed by atoms with Crippen LogP contribution in [0.4, 0.5) is 4.79 Å². The molecule has 2 aliphatic rings. The Balaban J connectivity index is 1.82. The van der Waals surface area contributed by atoms with Crippen LogP contribution in [-0.4, -0.2) is 55.1 Å². The van der Waals surface area contributed by atoms with Gasteiger partial charge in [-0.15, -0.1) is 0 Å². The van der Waals surface area contributed by atoms with Crippen LogP contribution in [0.3, 0.4) is 0 Å². The smallest absolute Gasteiger partial charge is 0.409 e. The molecule has 96 valence electrons. The Labute approximate surface area is 102 Å². The molecule has 0 spiro atoms. The number of ether oxygens (including phenoxy) is 1. The van der Waals surface area contributed by atoms with Crippen LogP contribution in [0.15, 0.2) is 0 Å². The average Bonchev–Trinajstić information content (AvgIpc) is 2.91. The Morgan fingerprint density at radius 2 is 1.53 bits per heavy atom. The number of carbonyl (C=O) groups excluding carboxylic acids is 2. The number of amides is 2. The van der Waals surface area contributed by atoms with Gasteiger partial charge >= 0.3 is 6.09 Å². The molecule has 2 fully saturated rings. The largest absolute Gasteiger partial charge is 0.453 e. The van der Waals surface area contributed by atoms with Crippen LogP contribution in [0.2, 0.25) is 0 Å². The lowest BCUT2D eigenvalue weighted by atomic mass is 10.1. The second kappa shape index (κ2) is 5.38. The summed E-state index contributed by atoms with van der Waals surface area (Å²) in [6, 6.07) is 0. The third-order valence-corrected chi connectivity index (χ3v) is 3.73. The third kappa shape index (κ3) is 2.70. The first kappa shape index (κ1) is 12.2. The molecule has 0 unspecified atom stereocenters. The van der Waals surface area contributed by atoms with Crippen molar-refractivity contribution in [3.8, 4) is 0 Å². The van der Waals surface area contributed by atoms with Crippen molar-refractivity contribution < 1.29 is 14.3 Å². The summed E-state index contributed by atoms with van der Waals surface area (Å²) < 4.78 is 4.67. The Kier molecular flexibility index (Phi) is 3.86. The van der Waals surface area contributed by atoms with Gasteiger partial charge in [0, 0.05) is 32.1 Å². The van der Waals surface area contributed by atoms with E-state index in [2.05, 4.69) is 4.74 Å². The van der Waals surface area contributed by atoms with E-state index in [9.17, 15) is 9.59 Å². The van der Waals surface area contributed by atoms with E-state index in [0.29, 0.717) is 26.2 Å². The Bertz CT molecular complexity index is 292. The van der Waals surface area contributed by atoms with Crippen molar-refractivity contribution >= 4 is 12.0 Å². The zero-order valence-corrected chi connectivity index (χ0v) is 10.4. The maximum Gasteiger partial charge on any atom is 0.409 e. The number of hydrogen-bond acceptors (Lipinski definition) is 3. The van der Waals surface area contributed by atoms with Gasteiger partial charge in [0.15, 0.2) is 0 Å². The predicted octanol–water partition coefficient (Wildman–Crippen LogP) is 1.09. The minimum absolute atomic E-state index is 0.236. The highest BCUT2D eigenvalue weighted by Gasteiger charge is 2.30. The van der Waals surface area contributed by atoms with Gasteiger partial charge in [0.05, 0.1) is 7.11 Å². The highest BCUT2D eigenvalue weighted by Crippen LogP contribution is 2.26. The van der Waals surface area contributed by atoms with Gasteiger partial charge in [-0.1, -0.05) is 12.8 Å². The first-order valence-electron chi connectivity index (χ1n) is 6.34. The number of carbonyl (C=O) groups is 2. The molecule has 17 heavy (non-hydrogen) atoms. The standard InChI is InChI=1S/C12H20N2O3/c1-17-12(16)14-8-6-13(7-9-14)11(15)10-4-2-3-5-10/h10H,2-9H2,1H3. The van der Waals surface area contributed by atoms with Crippen LogP contribution in [0.25, 0.3) is 0 Å². The SMILES string of the molecule is COC(=O)N1CCN(C(=O)C2CCCC2)CC1. The van der Waals surface area contributed by atoms with E-state index in [4.69, 9.17) is 0 Å². The predicted molar refractivity (Wildman–Crippen MR) is 62.5 cm³/mol. The van der Waals surface area contributed by atoms with E-state index in [-0.39, 0.29) is 17.9 Å². The van der Waals surface area contributed by atoms with Crippen LogP contribution in [0, 0.1) is 5.92 Å². The van der Waals surface area contributed by atoms with Gasteiger partial charge in [0.25, 0.3) is 0 Å². The van der Waals surface area contributed by atoms with Gasteiger partial charge in [0.1, 0.15) is 0 Å². The molecule has 1 saturated heterocycles. The molecule has 1 saturated carbocycles. The van der Waals surface area contributed by atoms with E-state index in [1.807, 2.05) is 4.90 Å². The lowest BCUT2D eigenvalue weighted by Gasteiger charge is -2.35. The summed E-state index contributed by atoms with van der Waals surface area (Å²) >= 11 is 0. The van der Waals surface area contributed by atoms with Gasteiger partial charge in [0.2, 0.25) is 5.91 Å². The fraction of sp³-hybridized carbons (Fsp3) is 0.833. The summed E-state index contributed by atoms with van der Waals surface area (Å²) in [6.45, 7) is 2.46. The number of piperazine rings is 1. The van der Waals surface area contributed by atoms with E-state index in [0.717, 1.165) is 12.8 Å². The monoisotopic (exact) mass is 240 g/mol. The quantitative estimate of drug-likeness (QED) is 0.689.